The Labute approximate surface area is 288 Å². The largest absolute Gasteiger partial charge is 0.458 e. The third kappa shape index (κ3) is 3.94. The van der Waals surface area contributed by atoms with E-state index in [0.717, 1.165) is 45.5 Å². The summed E-state index contributed by atoms with van der Waals surface area (Å²) in [4.78, 5) is 4.92. The number of ether oxygens (including phenoxy) is 2. The average molecular weight is 644 g/mol. The van der Waals surface area contributed by atoms with Crippen LogP contribution in [0, 0.1) is 0 Å². The number of anilines is 3. The Balaban J connectivity index is 1.12. The van der Waals surface area contributed by atoms with E-state index in [1.807, 2.05) is 23.9 Å². The molecule has 0 atom stereocenters. The van der Waals surface area contributed by atoms with Gasteiger partial charge >= 0.3 is 0 Å². The normalized spacial score (nSPS) is 13.1. The molecular weight excluding hydrogens is 617 g/mol. The van der Waals surface area contributed by atoms with E-state index in [4.69, 9.17) is 9.47 Å². The van der Waals surface area contributed by atoms with Crippen LogP contribution in [0.15, 0.2) is 168 Å². The molecule has 0 N–H and O–H groups in total. The van der Waals surface area contributed by atoms with Gasteiger partial charge in [0, 0.05) is 37.1 Å². The summed E-state index contributed by atoms with van der Waals surface area (Å²) in [6.45, 7) is 0.0468. The summed E-state index contributed by atoms with van der Waals surface area (Å²) in [5.74, 6) is 3.55. The number of para-hydroxylation sites is 2. The summed E-state index contributed by atoms with van der Waals surface area (Å²) in [5, 5.41) is 4.93. The first-order valence-corrected chi connectivity index (χ1v) is 17.4. The average Bonchev–Trinajstić information content (AvgIpc) is 3.15. The second-order valence-corrected chi connectivity index (χ2v) is 13.9. The summed E-state index contributed by atoms with van der Waals surface area (Å²) < 4.78 is 13.1. The van der Waals surface area contributed by atoms with E-state index in [-0.39, 0.29) is 6.71 Å². The van der Waals surface area contributed by atoms with Gasteiger partial charge in [-0.1, -0.05) is 109 Å². The van der Waals surface area contributed by atoms with Gasteiger partial charge in [0.05, 0.1) is 11.4 Å². The van der Waals surface area contributed by atoms with E-state index in [1.165, 1.54) is 53.4 Å². The molecule has 49 heavy (non-hydrogen) atoms. The number of benzene rings is 8. The topological polar surface area (TPSA) is 21.7 Å². The highest BCUT2D eigenvalue weighted by molar-refractivity contribution is 7.99. The molecule has 0 fully saturated rings. The van der Waals surface area contributed by atoms with Crippen molar-refractivity contribution in [3.63, 3.8) is 0 Å². The van der Waals surface area contributed by atoms with Crippen LogP contribution in [0.5, 0.6) is 23.0 Å². The molecule has 0 unspecified atom stereocenters. The first-order valence-electron chi connectivity index (χ1n) is 16.6. The predicted octanol–water partition coefficient (Wildman–Crippen LogP) is 10.3. The maximum atomic E-state index is 6.71. The molecule has 8 aromatic rings. The number of nitrogens with zero attached hydrogens (tertiary/aromatic N) is 1. The maximum Gasteiger partial charge on any atom is 0.260 e. The minimum absolute atomic E-state index is 0.0468. The zero-order valence-corrected chi connectivity index (χ0v) is 27.1. The van der Waals surface area contributed by atoms with Gasteiger partial charge in [0.15, 0.2) is 0 Å². The first-order chi connectivity index (χ1) is 24.3. The molecular formula is C44H26BNO2S. The second kappa shape index (κ2) is 10.3. The fourth-order valence-electron chi connectivity index (χ4n) is 8.07. The van der Waals surface area contributed by atoms with E-state index in [0.29, 0.717) is 0 Å². The van der Waals surface area contributed by atoms with Gasteiger partial charge < -0.3 is 14.4 Å². The monoisotopic (exact) mass is 643 g/mol. The van der Waals surface area contributed by atoms with Gasteiger partial charge in [-0.2, -0.15) is 0 Å². The van der Waals surface area contributed by atoms with Gasteiger partial charge in [-0.3, -0.25) is 0 Å². The number of hydrogen-bond acceptors (Lipinski definition) is 4. The summed E-state index contributed by atoms with van der Waals surface area (Å²) in [6, 6.07) is 56.5. The van der Waals surface area contributed by atoms with Crippen LogP contribution in [-0.4, -0.2) is 6.71 Å². The van der Waals surface area contributed by atoms with E-state index < -0.39 is 0 Å². The van der Waals surface area contributed by atoms with E-state index in [1.54, 1.807) is 0 Å². The Hall–Kier alpha value is -5.91. The molecule has 0 aliphatic carbocycles. The van der Waals surface area contributed by atoms with Crippen LogP contribution in [0.3, 0.4) is 0 Å². The van der Waals surface area contributed by atoms with Gasteiger partial charge in [0.25, 0.3) is 6.71 Å². The summed E-state index contributed by atoms with van der Waals surface area (Å²) in [6.07, 6.45) is 0. The molecule has 0 saturated heterocycles. The number of fused-ring (bicyclic) bond motifs is 7. The van der Waals surface area contributed by atoms with E-state index in [2.05, 4.69) is 150 Å². The summed E-state index contributed by atoms with van der Waals surface area (Å²) >= 11 is 1.85. The summed E-state index contributed by atoms with van der Waals surface area (Å²) in [7, 11) is 0. The van der Waals surface area contributed by atoms with Gasteiger partial charge in [-0.15, -0.1) is 0 Å². The lowest BCUT2D eigenvalue weighted by Crippen LogP contribution is -2.57. The molecule has 11 rings (SSSR count). The zero-order valence-electron chi connectivity index (χ0n) is 26.3. The molecule has 228 valence electrons. The molecule has 3 aliphatic rings. The molecule has 3 nitrogen and oxygen atoms in total. The van der Waals surface area contributed by atoms with Crippen LogP contribution in [0.1, 0.15) is 0 Å². The number of rotatable bonds is 3. The van der Waals surface area contributed by atoms with Crippen LogP contribution in [0.2, 0.25) is 0 Å². The highest BCUT2D eigenvalue weighted by atomic mass is 32.2. The molecule has 8 aromatic carbocycles. The predicted molar refractivity (Wildman–Crippen MR) is 203 cm³/mol. The molecule has 0 aromatic heterocycles. The Morgan fingerprint density at radius 2 is 1.16 bits per heavy atom. The third-order valence-corrected chi connectivity index (χ3v) is 11.3. The van der Waals surface area contributed by atoms with E-state index in [9.17, 15) is 0 Å². The van der Waals surface area contributed by atoms with Crippen molar-refractivity contribution in [3.8, 4) is 34.1 Å². The minimum atomic E-state index is 0.0468. The lowest BCUT2D eigenvalue weighted by atomic mass is 9.35. The molecule has 3 aliphatic heterocycles. The smallest absolute Gasteiger partial charge is 0.260 e. The zero-order chi connectivity index (χ0) is 32.1. The molecule has 0 radical (unpaired) electrons. The van der Waals surface area contributed by atoms with Gasteiger partial charge in [-0.05, 0) is 88.1 Å². The van der Waals surface area contributed by atoms with Crippen molar-refractivity contribution in [2.24, 2.45) is 0 Å². The number of hydrogen-bond donors (Lipinski definition) is 0. The highest BCUT2D eigenvalue weighted by Crippen LogP contribution is 2.52. The Morgan fingerprint density at radius 3 is 2.08 bits per heavy atom. The van der Waals surface area contributed by atoms with Gasteiger partial charge in [0.2, 0.25) is 0 Å². The quantitative estimate of drug-likeness (QED) is 0.179. The van der Waals surface area contributed by atoms with Crippen LogP contribution >= 0.6 is 11.8 Å². The molecule has 0 amide bonds. The van der Waals surface area contributed by atoms with Crippen molar-refractivity contribution in [2.75, 3.05) is 4.90 Å². The van der Waals surface area contributed by atoms with Crippen molar-refractivity contribution in [2.45, 2.75) is 9.79 Å². The standard InChI is InChI=1S/C44H26BNO2S/c1-2-13-28(14-3-1)46(35-18-8-12-27-11-4-5-15-29(27)35)36-24-23-30-32-25-40-34(26-42(32)49-41-22-9-16-31(36)43(30)41)45-33-17-6-7-19-37(33)47-38-20-10-21-39(48-40)44(38)45/h1-26H. The van der Waals surface area contributed by atoms with E-state index >= 15 is 0 Å². The Bertz CT molecular complexity index is 2670. The van der Waals surface area contributed by atoms with Crippen molar-refractivity contribution in [3.05, 3.63) is 158 Å². The lowest BCUT2D eigenvalue weighted by molar-refractivity contribution is 0.464. The SMILES string of the molecule is c1ccc(N(c2cccc3ccccc23)c2ccc3c4c(cccc24)Sc2cc4c(cc2-3)Oc2cccc3c2B4c2ccccc2O3)cc1. The fraction of sp³-hybridized carbons (Fsp3) is 0. The van der Waals surface area contributed by atoms with Crippen LogP contribution in [-0.2, 0) is 0 Å². The van der Waals surface area contributed by atoms with Crippen LogP contribution < -0.4 is 30.8 Å². The molecule has 5 heteroatoms. The van der Waals surface area contributed by atoms with Crippen molar-refractivity contribution in [1.82, 2.24) is 0 Å². The van der Waals surface area contributed by atoms with Crippen molar-refractivity contribution >= 4 is 73.5 Å². The fourth-order valence-corrected chi connectivity index (χ4v) is 9.24. The van der Waals surface area contributed by atoms with Gasteiger partial charge in [-0.25, -0.2) is 0 Å². The first kappa shape index (κ1) is 27.1. The highest BCUT2D eigenvalue weighted by Gasteiger charge is 2.41. The molecule has 0 saturated carbocycles. The lowest BCUT2D eigenvalue weighted by Gasteiger charge is -2.34. The molecule has 0 bridgehead atoms. The third-order valence-electron chi connectivity index (χ3n) is 10.2. The molecule has 3 heterocycles. The van der Waals surface area contributed by atoms with Gasteiger partial charge in [0.1, 0.15) is 23.0 Å². The Kier molecular flexibility index (Phi) is 5.69. The molecule has 0 spiro atoms. The minimum Gasteiger partial charge on any atom is -0.458 e. The second-order valence-electron chi connectivity index (χ2n) is 12.8. The Morgan fingerprint density at radius 1 is 0.469 bits per heavy atom. The van der Waals surface area contributed by atoms with Crippen LogP contribution in [0.25, 0.3) is 32.7 Å². The van der Waals surface area contributed by atoms with Crippen molar-refractivity contribution < 1.29 is 9.47 Å². The van der Waals surface area contributed by atoms with Crippen molar-refractivity contribution in [1.29, 1.82) is 0 Å². The maximum absolute atomic E-state index is 6.71. The van der Waals surface area contributed by atoms with Crippen LogP contribution in [0.4, 0.5) is 17.1 Å². The summed E-state index contributed by atoms with van der Waals surface area (Å²) in [5.41, 5.74) is 9.34.